The van der Waals surface area contributed by atoms with Gasteiger partial charge in [-0.2, -0.15) is 0 Å². The molecule has 0 aliphatic carbocycles. The minimum absolute atomic E-state index is 0.217. The Labute approximate surface area is 79.1 Å². The predicted molar refractivity (Wildman–Crippen MR) is 50.3 cm³/mol. The van der Waals surface area contributed by atoms with Gasteiger partial charge in [-0.15, -0.1) is 0 Å². The van der Waals surface area contributed by atoms with E-state index in [1.54, 1.807) is 4.90 Å². The van der Waals surface area contributed by atoms with Crippen LogP contribution in [0.5, 0.6) is 0 Å². The maximum absolute atomic E-state index is 11.1. The van der Waals surface area contributed by atoms with Gasteiger partial charge in [-0.3, -0.25) is 9.59 Å². The van der Waals surface area contributed by atoms with Crippen molar-refractivity contribution in [3.63, 3.8) is 0 Å². The molecule has 0 saturated carbocycles. The number of carbonyl (C=O) groups is 2. The molecule has 0 aromatic rings. The van der Waals surface area contributed by atoms with Gasteiger partial charge in [0, 0.05) is 32.9 Å². The second-order valence-electron chi connectivity index (χ2n) is 3.78. The van der Waals surface area contributed by atoms with Gasteiger partial charge in [0.05, 0.1) is 0 Å². The predicted octanol–water partition coefficient (Wildman–Crippen LogP) is 1.22. The summed E-state index contributed by atoms with van der Waals surface area (Å²) in [5.41, 5.74) is 0. The lowest BCUT2D eigenvalue weighted by Crippen LogP contribution is -2.19. The van der Waals surface area contributed by atoms with Crippen LogP contribution in [0.2, 0.25) is 0 Å². The summed E-state index contributed by atoms with van der Waals surface area (Å²) in [4.78, 5) is 23.9. The fourth-order valence-corrected chi connectivity index (χ4v) is 1.69. The molecule has 0 N–H and O–H groups in total. The lowest BCUT2D eigenvalue weighted by molar-refractivity contribution is -0.126. The average molecular weight is 183 g/mol. The first kappa shape index (κ1) is 10.2. The summed E-state index contributed by atoms with van der Waals surface area (Å²) in [6.45, 7) is 2.71. The molecular formula is C10H17NO2. The van der Waals surface area contributed by atoms with Crippen LogP contribution in [0.4, 0.5) is 0 Å². The quantitative estimate of drug-likeness (QED) is 0.657. The maximum atomic E-state index is 11.1. The Morgan fingerprint density at radius 3 is 2.77 bits per heavy atom. The highest BCUT2D eigenvalue weighted by molar-refractivity contribution is 5.79. The minimum atomic E-state index is 0.217. The van der Waals surface area contributed by atoms with Crippen LogP contribution in [0.1, 0.15) is 32.6 Å². The average Bonchev–Trinajstić information content (AvgIpc) is 2.42. The van der Waals surface area contributed by atoms with Crippen LogP contribution in [-0.4, -0.2) is 30.2 Å². The van der Waals surface area contributed by atoms with Crippen LogP contribution < -0.4 is 0 Å². The van der Waals surface area contributed by atoms with Crippen LogP contribution in [0.15, 0.2) is 0 Å². The second kappa shape index (κ2) is 4.40. The van der Waals surface area contributed by atoms with Crippen molar-refractivity contribution >= 4 is 11.7 Å². The molecule has 1 aliphatic heterocycles. The first-order valence-corrected chi connectivity index (χ1v) is 4.89. The number of Topliss-reactive ketones (excluding diaryl/α,β-unsaturated/α-hetero) is 1. The highest BCUT2D eigenvalue weighted by atomic mass is 16.2. The number of hydrogen-bond acceptors (Lipinski definition) is 2. The molecule has 1 aliphatic rings. The molecule has 3 nitrogen and oxygen atoms in total. The van der Waals surface area contributed by atoms with E-state index in [4.69, 9.17) is 0 Å². The van der Waals surface area contributed by atoms with Crippen molar-refractivity contribution in [1.82, 2.24) is 4.90 Å². The summed E-state index contributed by atoms with van der Waals surface area (Å²) in [5.74, 6) is 0.934. The van der Waals surface area contributed by atoms with E-state index in [0.717, 1.165) is 13.0 Å². The molecule has 3 heteroatoms. The molecule has 0 spiro atoms. The summed E-state index contributed by atoms with van der Waals surface area (Å²) in [5, 5.41) is 0. The summed E-state index contributed by atoms with van der Waals surface area (Å²) in [6.07, 6.45) is 2.77. The second-order valence-corrected chi connectivity index (χ2v) is 3.78. The Hall–Kier alpha value is -0.860. The smallest absolute Gasteiger partial charge is 0.222 e. The largest absolute Gasteiger partial charge is 0.345 e. The molecule has 1 amide bonds. The van der Waals surface area contributed by atoms with Crippen molar-refractivity contribution in [3.05, 3.63) is 0 Å². The standard InChI is InChI=1S/C10H17NO2/c1-3-9(12)5-4-8-6-10(13)11(2)7-8/h8H,3-7H2,1-2H3. The van der Waals surface area contributed by atoms with Crippen molar-refractivity contribution in [3.8, 4) is 0 Å². The highest BCUT2D eigenvalue weighted by Gasteiger charge is 2.26. The van der Waals surface area contributed by atoms with E-state index in [1.807, 2.05) is 14.0 Å². The molecule has 13 heavy (non-hydrogen) atoms. The zero-order valence-corrected chi connectivity index (χ0v) is 8.38. The molecular weight excluding hydrogens is 166 g/mol. The van der Waals surface area contributed by atoms with Crippen LogP contribution in [0, 0.1) is 5.92 Å². The van der Waals surface area contributed by atoms with Crippen LogP contribution in [-0.2, 0) is 9.59 Å². The fourth-order valence-electron chi connectivity index (χ4n) is 1.69. The maximum Gasteiger partial charge on any atom is 0.222 e. The molecule has 1 unspecified atom stereocenters. The van der Waals surface area contributed by atoms with E-state index >= 15 is 0 Å². The zero-order chi connectivity index (χ0) is 9.84. The van der Waals surface area contributed by atoms with E-state index in [2.05, 4.69) is 0 Å². The molecule has 1 saturated heterocycles. The van der Waals surface area contributed by atoms with Crippen LogP contribution in [0.3, 0.4) is 0 Å². The molecule has 0 radical (unpaired) electrons. The molecule has 1 heterocycles. The number of nitrogens with zero attached hydrogens (tertiary/aromatic N) is 1. The third-order valence-electron chi connectivity index (χ3n) is 2.65. The van der Waals surface area contributed by atoms with Crippen LogP contribution in [0.25, 0.3) is 0 Å². The Morgan fingerprint density at radius 2 is 2.31 bits per heavy atom. The van der Waals surface area contributed by atoms with E-state index < -0.39 is 0 Å². The van der Waals surface area contributed by atoms with Gasteiger partial charge in [-0.05, 0) is 12.3 Å². The van der Waals surface area contributed by atoms with Crippen molar-refractivity contribution in [2.24, 2.45) is 5.92 Å². The molecule has 0 aromatic heterocycles. The van der Waals surface area contributed by atoms with E-state index in [0.29, 0.717) is 31.0 Å². The molecule has 0 bridgehead atoms. The highest BCUT2D eigenvalue weighted by Crippen LogP contribution is 2.20. The van der Waals surface area contributed by atoms with Crippen molar-refractivity contribution in [2.75, 3.05) is 13.6 Å². The number of amides is 1. The topological polar surface area (TPSA) is 37.4 Å². The first-order chi connectivity index (χ1) is 6.13. The Bertz CT molecular complexity index is 213. The lowest BCUT2D eigenvalue weighted by atomic mass is 10.00. The molecule has 1 fully saturated rings. The van der Waals surface area contributed by atoms with E-state index in [-0.39, 0.29) is 5.91 Å². The van der Waals surface area contributed by atoms with Crippen LogP contribution >= 0.6 is 0 Å². The SMILES string of the molecule is CCC(=O)CCC1CC(=O)N(C)C1. The number of hydrogen-bond donors (Lipinski definition) is 0. The van der Waals surface area contributed by atoms with Gasteiger partial charge in [-0.25, -0.2) is 0 Å². The fraction of sp³-hybridized carbons (Fsp3) is 0.800. The van der Waals surface area contributed by atoms with Gasteiger partial charge < -0.3 is 4.90 Å². The lowest BCUT2D eigenvalue weighted by Gasteiger charge is -2.08. The normalized spacial score (nSPS) is 22.5. The first-order valence-electron chi connectivity index (χ1n) is 4.89. The number of rotatable bonds is 4. The third-order valence-corrected chi connectivity index (χ3v) is 2.65. The number of likely N-dealkylation sites (tertiary alicyclic amines) is 1. The summed E-state index contributed by atoms with van der Waals surface area (Å²) in [6, 6.07) is 0. The third kappa shape index (κ3) is 2.83. The van der Waals surface area contributed by atoms with Gasteiger partial charge in [0.1, 0.15) is 5.78 Å². The molecule has 1 atom stereocenters. The van der Waals surface area contributed by atoms with Gasteiger partial charge >= 0.3 is 0 Å². The van der Waals surface area contributed by atoms with Crippen molar-refractivity contribution < 1.29 is 9.59 Å². The Kier molecular flexibility index (Phi) is 3.46. The molecule has 0 aromatic carbocycles. The number of carbonyl (C=O) groups excluding carboxylic acids is 2. The molecule has 74 valence electrons. The number of ketones is 1. The Morgan fingerprint density at radius 1 is 1.62 bits per heavy atom. The van der Waals surface area contributed by atoms with Gasteiger partial charge in [0.15, 0.2) is 0 Å². The minimum Gasteiger partial charge on any atom is -0.345 e. The summed E-state index contributed by atoms with van der Waals surface area (Å²) in [7, 11) is 1.82. The van der Waals surface area contributed by atoms with Gasteiger partial charge in [0.25, 0.3) is 0 Å². The summed E-state index contributed by atoms with van der Waals surface area (Å²) < 4.78 is 0. The molecule has 1 rings (SSSR count). The van der Waals surface area contributed by atoms with E-state index in [1.165, 1.54) is 0 Å². The van der Waals surface area contributed by atoms with Crippen molar-refractivity contribution in [2.45, 2.75) is 32.6 Å². The van der Waals surface area contributed by atoms with E-state index in [9.17, 15) is 9.59 Å². The Balaban J connectivity index is 2.24. The zero-order valence-electron chi connectivity index (χ0n) is 8.38. The monoisotopic (exact) mass is 183 g/mol. The van der Waals surface area contributed by atoms with Gasteiger partial charge in [0.2, 0.25) is 5.91 Å². The summed E-state index contributed by atoms with van der Waals surface area (Å²) >= 11 is 0. The van der Waals surface area contributed by atoms with Gasteiger partial charge in [-0.1, -0.05) is 6.92 Å². The van der Waals surface area contributed by atoms with Crippen molar-refractivity contribution in [1.29, 1.82) is 0 Å².